The molecule has 0 amide bonds. The molecule has 2 aromatic rings. The van der Waals surface area contributed by atoms with Gasteiger partial charge < -0.3 is 9.88 Å². The van der Waals surface area contributed by atoms with E-state index in [1.54, 1.807) is 0 Å². The highest BCUT2D eigenvalue weighted by atomic mass is 32.1. The average Bonchev–Trinajstić information content (AvgIpc) is 2.95. The van der Waals surface area contributed by atoms with Crippen LogP contribution in [0.5, 0.6) is 0 Å². The second-order valence-electron chi connectivity index (χ2n) is 5.42. The van der Waals surface area contributed by atoms with Gasteiger partial charge in [0.1, 0.15) is 5.82 Å². The summed E-state index contributed by atoms with van der Waals surface area (Å²) in [5.74, 6) is 1.85. The summed E-state index contributed by atoms with van der Waals surface area (Å²) in [6.45, 7) is 7.40. The molecule has 1 atom stereocenters. The summed E-state index contributed by atoms with van der Waals surface area (Å²) in [4.78, 5) is 7.50. The number of nitrogens with zero attached hydrogens (tertiary/aromatic N) is 2. The molecule has 1 N–H and O–H groups in total. The van der Waals surface area contributed by atoms with E-state index in [0.717, 1.165) is 25.3 Å². The van der Waals surface area contributed by atoms with Crippen molar-refractivity contribution < 1.29 is 0 Å². The summed E-state index contributed by atoms with van der Waals surface area (Å²) in [7, 11) is 0. The molecule has 3 nitrogen and oxygen atoms in total. The van der Waals surface area contributed by atoms with E-state index in [4.69, 9.17) is 0 Å². The molecule has 0 radical (unpaired) electrons. The van der Waals surface area contributed by atoms with E-state index in [2.05, 4.69) is 47.0 Å². The first-order valence-corrected chi connectivity index (χ1v) is 7.84. The molecular formula is C15H21N3S. The maximum atomic E-state index is 4.69. The van der Waals surface area contributed by atoms with Gasteiger partial charge in [0, 0.05) is 41.5 Å². The summed E-state index contributed by atoms with van der Waals surface area (Å²) in [5.41, 5.74) is 1.15. The van der Waals surface area contributed by atoms with E-state index in [1.165, 1.54) is 28.4 Å². The standard InChI is InChI=1S/C15H21N3S/c1-11-10-18-7-3-4-13(15(18)17-11)8-16-9-14-6-5-12(2)19-14/h5-6,10,13,16H,3-4,7-9H2,1-2H3/t13-/m0/s1. The molecule has 4 heteroatoms. The lowest BCUT2D eigenvalue weighted by Gasteiger charge is -2.23. The number of rotatable bonds is 4. The predicted molar refractivity (Wildman–Crippen MR) is 79.7 cm³/mol. The summed E-state index contributed by atoms with van der Waals surface area (Å²) < 4.78 is 2.33. The smallest absolute Gasteiger partial charge is 0.113 e. The molecule has 0 aromatic carbocycles. The Morgan fingerprint density at radius 1 is 1.42 bits per heavy atom. The van der Waals surface area contributed by atoms with Crippen LogP contribution in [-0.2, 0) is 13.1 Å². The van der Waals surface area contributed by atoms with Gasteiger partial charge in [-0.2, -0.15) is 0 Å². The van der Waals surface area contributed by atoms with Crippen LogP contribution in [0.2, 0.25) is 0 Å². The largest absolute Gasteiger partial charge is 0.334 e. The molecule has 0 spiro atoms. The second kappa shape index (κ2) is 5.47. The number of aryl methyl sites for hydroxylation is 3. The maximum absolute atomic E-state index is 4.69. The SMILES string of the molecule is Cc1cn2c(n1)[C@H](CNCc1ccc(C)s1)CCC2. The van der Waals surface area contributed by atoms with Gasteiger partial charge in [0.05, 0.1) is 5.69 Å². The molecule has 2 aromatic heterocycles. The van der Waals surface area contributed by atoms with Crippen LogP contribution < -0.4 is 5.32 Å². The van der Waals surface area contributed by atoms with Gasteiger partial charge in [0.2, 0.25) is 0 Å². The van der Waals surface area contributed by atoms with Crippen molar-refractivity contribution in [3.05, 3.63) is 39.6 Å². The minimum absolute atomic E-state index is 0.573. The first-order chi connectivity index (χ1) is 9.22. The average molecular weight is 275 g/mol. The van der Waals surface area contributed by atoms with E-state index in [-0.39, 0.29) is 0 Å². The van der Waals surface area contributed by atoms with Crippen LogP contribution >= 0.6 is 11.3 Å². The Balaban J connectivity index is 1.59. The number of aromatic nitrogens is 2. The zero-order chi connectivity index (χ0) is 13.2. The predicted octanol–water partition coefficient (Wildman–Crippen LogP) is 3.23. The zero-order valence-electron chi connectivity index (χ0n) is 11.6. The molecular weight excluding hydrogens is 254 g/mol. The lowest BCUT2D eigenvalue weighted by molar-refractivity contribution is 0.423. The van der Waals surface area contributed by atoms with Crippen molar-refractivity contribution in [3.63, 3.8) is 0 Å². The first kappa shape index (κ1) is 12.9. The molecule has 0 aliphatic carbocycles. The van der Waals surface area contributed by atoms with Gasteiger partial charge in [-0.05, 0) is 38.8 Å². The molecule has 19 heavy (non-hydrogen) atoms. The Morgan fingerprint density at radius 3 is 3.11 bits per heavy atom. The molecule has 0 bridgehead atoms. The zero-order valence-corrected chi connectivity index (χ0v) is 12.5. The van der Waals surface area contributed by atoms with Crippen molar-refractivity contribution in [2.75, 3.05) is 6.54 Å². The minimum Gasteiger partial charge on any atom is -0.334 e. The molecule has 3 heterocycles. The first-order valence-electron chi connectivity index (χ1n) is 7.02. The van der Waals surface area contributed by atoms with Crippen molar-refractivity contribution in [3.8, 4) is 0 Å². The molecule has 1 aliphatic heterocycles. The highest BCUT2D eigenvalue weighted by Crippen LogP contribution is 2.26. The number of thiophene rings is 1. The van der Waals surface area contributed by atoms with Gasteiger partial charge in [-0.15, -0.1) is 11.3 Å². The Bertz CT molecular complexity index is 555. The molecule has 1 aliphatic rings. The summed E-state index contributed by atoms with van der Waals surface area (Å²) in [5, 5.41) is 3.59. The molecule has 0 fully saturated rings. The maximum Gasteiger partial charge on any atom is 0.113 e. The lowest BCUT2D eigenvalue weighted by atomic mass is 9.99. The van der Waals surface area contributed by atoms with Gasteiger partial charge in [-0.1, -0.05) is 0 Å². The Kier molecular flexibility index (Phi) is 3.71. The number of fused-ring (bicyclic) bond motifs is 1. The van der Waals surface area contributed by atoms with E-state index >= 15 is 0 Å². The van der Waals surface area contributed by atoms with Crippen molar-refractivity contribution in [1.82, 2.24) is 14.9 Å². The fraction of sp³-hybridized carbons (Fsp3) is 0.533. The Morgan fingerprint density at radius 2 is 2.32 bits per heavy atom. The lowest BCUT2D eigenvalue weighted by Crippen LogP contribution is -2.26. The van der Waals surface area contributed by atoms with E-state index in [1.807, 2.05) is 11.3 Å². The van der Waals surface area contributed by atoms with Crippen LogP contribution in [0.4, 0.5) is 0 Å². The monoisotopic (exact) mass is 275 g/mol. The third-order valence-electron chi connectivity index (χ3n) is 3.73. The third-order valence-corrected chi connectivity index (χ3v) is 4.73. The fourth-order valence-electron chi connectivity index (χ4n) is 2.85. The summed E-state index contributed by atoms with van der Waals surface area (Å²) in [6, 6.07) is 4.41. The van der Waals surface area contributed by atoms with Crippen LogP contribution in [0.3, 0.4) is 0 Å². The van der Waals surface area contributed by atoms with Crippen LogP contribution in [0.15, 0.2) is 18.3 Å². The molecule has 3 rings (SSSR count). The van der Waals surface area contributed by atoms with Gasteiger partial charge in [0.15, 0.2) is 0 Å². The van der Waals surface area contributed by atoms with Crippen molar-refractivity contribution in [2.45, 2.75) is 45.7 Å². The van der Waals surface area contributed by atoms with Crippen molar-refractivity contribution in [2.24, 2.45) is 0 Å². The normalized spacial score (nSPS) is 18.5. The minimum atomic E-state index is 0.573. The highest BCUT2D eigenvalue weighted by molar-refractivity contribution is 7.11. The van der Waals surface area contributed by atoms with Gasteiger partial charge in [-0.25, -0.2) is 4.98 Å². The quantitative estimate of drug-likeness (QED) is 0.928. The number of imidazole rings is 1. The van der Waals surface area contributed by atoms with Crippen LogP contribution in [0.25, 0.3) is 0 Å². The van der Waals surface area contributed by atoms with Crippen molar-refractivity contribution >= 4 is 11.3 Å². The van der Waals surface area contributed by atoms with Crippen molar-refractivity contribution in [1.29, 1.82) is 0 Å². The molecule has 0 saturated carbocycles. The Hall–Kier alpha value is -1.13. The van der Waals surface area contributed by atoms with E-state index < -0.39 is 0 Å². The van der Waals surface area contributed by atoms with Gasteiger partial charge >= 0.3 is 0 Å². The van der Waals surface area contributed by atoms with E-state index in [9.17, 15) is 0 Å². The Labute approximate surface area is 118 Å². The number of hydrogen-bond donors (Lipinski definition) is 1. The fourth-order valence-corrected chi connectivity index (χ4v) is 3.71. The highest BCUT2D eigenvalue weighted by Gasteiger charge is 2.21. The summed E-state index contributed by atoms with van der Waals surface area (Å²) >= 11 is 1.88. The van der Waals surface area contributed by atoms with Crippen LogP contribution in [0, 0.1) is 13.8 Å². The van der Waals surface area contributed by atoms with Gasteiger partial charge in [-0.3, -0.25) is 0 Å². The number of nitrogens with one attached hydrogen (secondary N) is 1. The van der Waals surface area contributed by atoms with E-state index in [0.29, 0.717) is 5.92 Å². The van der Waals surface area contributed by atoms with Crippen LogP contribution in [-0.4, -0.2) is 16.1 Å². The van der Waals surface area contributed by atoms with Crippen LogP contribution in [0.1, 0.15) is 40.0 Å². The third kappa shape index (κ3) is 2.90. The topological polar surface area (TPSA) is 29.9 Å². The molecule has 102 valence electrons. The van der Waals surface area contributed by atoms with Gasteiger partial charge in [0.25, 0.3) is 0 Å². The molecule has 0 unspecified atom stereocenters. The summed E-state index contributed by atoms with van der Waals surface area (Å²) in [6.07, 6.45) is 4.71. The molecule has 0 saturated heterocycles. The number of hydrogen-bond acceptors (Lipinski definition) is 3. The second-order valence-corrected chi connectivity index (χ2v) is 6.79.